The van der Waals surface area contributed by atoms with Gasteiger partial charge in [0, 0.05) is 50.0 Å². The largest absolute Gasteiger partial charge is 0.368 e. The van der Waals surface area contributed by atoms with E-state index < -0.39 is 0 Å². The zero-order valence-corrected chi connectivity index (χ0v) is 22.8. The number of likely N-dealkylation sites (tertiary alicyclic amines) is 2. The van der Waals surface area contributed by atoms with Crippen LogP contribution in [0.5, 0.6) is 0 Å². The van der Waals surface area contributed by atoms with Gasteiger partial charge in [0.05, 0.1) is 11.9 Å². The number of aromatic nitrogens is 1. The lowest BCUT2D eigenvalue weighted by Crippen LogP contribution is -2.45. The summed E-state index contributed by atoms with van der Waals surface area (Å²) in [6.07, 6.45) is 11.9. The van der Waals surface area contributed by atoms with E-state index in [-0.39, 0.29) is 0 Å². The molecule has 5 heterocycles. The average Bonchev–Trinajstić information content (AvgIpc) is 3.78. The van der Waals surface area contributed by atoms with Gasteiger partial charge in [0.15, 0.2) is 0 Å². The van der Waals surface area contributed by atoms with Crippen LogP contribution in [0.4, 0.5) is 5.69 Å². The number of pyridine rings is 1. The van der Waals surface area contributed by atoms with Crippen molar-refractivity contribution >= 4 is 5.69 Å². The molecule has 4 fully saturated rings. The van der Waals surface area contributed by atoms with E-state index in [1.54, 1.807) is 0 Å². The second-order valence-corrected chi connectivity index (χ2v) is 11.8. The Bertz CT molecular complexity index is 1130. The SMILES string of the molecule is c1ccc(CN2CCCC23CCN(c2cccnc2)C3)cc1.c1ccc(CN2CCCC23CCNC3)cc1. The Labute approximate surface area is 228 Å². The van der Waals surface area contributed by atoms with Crippen LogP contribution in [0.15, 0.2) is 85.2 Å². The van der Waals surface area contributed by atoms with Crippen molar-refractivity contribution in [2.45, 2.75) is 62.7 Å². The van der Waals surface area contributed by atoms with Crippen molar-refractivity contribution in [3.8, 4) is 0 Å². The normalized spacial score (nSPS) is 27.3. The van der Waals surface area contributed by atoms with Gasteiger partial charge in [-0.25, -0.2) is 0 Å². The Balaban J connectivity index is 0.000000146. The van der Waals surface area contributed by atoms with Crippen LogP contribution in [0.3, 0.4) is 0 Å². The Morgan fingerprint density at radius 2 is 1.34 bits per heavy atom. The molecular weight excluding hydrogens is 466 g/mol. The lowest BCUT2D eigenvalue weighted by molar-refractivity contribution is 0.148. The fraction of sp³-hybridized carbons (Fsp3) is 0.485. The molecule has 3 aromatic rings. The molecule has 4 saturated heterocycles. The summed E-state index contributed by atoms with van der Waals surface area (Å²) < 4.78 is 0. The molecule has 0 radical (unpaired) electrons. The van der Waals surface area contributed by atoms with Crippen LogP contribution >= 0.6 is 0 Å². The molecular formula is C33H43N5. The van der Waals surface area contributed by atoms with Crippen molar-refractivity contribution < 1.29 is 0 Å². The molecule has 2 aromatic carbocycles. The number of rotatable bonds is 5. The predicted octanol–water partition coefficient (Wildman–Crippen LogP) is 5.34. The van der Waals surface area contributed by atoms with Crippen LogP contribution in [-0.2, 0) is 13.1 Å². The van der Waals surface area contributed by atoms with Gasteiger partial charge in [0.25, 0.3) is 0 Å². The quantitative estimate of drug-likeness (QED) is 0.502. The predicted molar refractivity (Wildman–Crippen MR) is 156 cm³/mol. The van der Waals surface area contributed by atoms with Crippen LogP contribution in [0.1, 0.15) is 49.7 Å². The zero-order valence-electron chi connectivity index (χ0n) is 22.8. The molecule has 5 heteroatoms. The molecule has 4 aliphatic heterocycles. The highest BCUT2D eigenvalue weighted by Gasteiger charge is 2.46. The summed E-state index contributed by atoms with van der Waals surface area (Å²) in [6.45, 7) is 9.41. The lowest BCUT2D eigenvalue weighted by Gasteiger charge is -2.35. The third kappa shape index (κ3) is 5.51. The molecule has 200 valence electrons. The molecule has 7 rings (SSSR count). The number of nitrogens with one attached hydrogen (secondary N) is 1. The minimum Gasteiger partial charge on any atom is -0.368 e. The Kier molecular flexibility index (Phi) is 7.77. The summed E-state index contributed by atoms with van der Waals surface area (Å²) in [6, 6.07) is 26.0. The van der Waals surface area contributed by atoms with Gasteiger partial charge in [-0.3, -0.25) is 14.8 Å². The van der Waals surface area contributed by atoms with Gasteiger partial charge in [-0.15, -0.1) is 0 Å². The highest BCUT2D eigenvalue weighted by Crippen LogP contribution is 2.40. The molecule has 0 bridgehead atoms. The summed E-state index contributed by atoms with van der Waals surface area (Å²) in [4.78, 5) is 12.2. The molecule has 1 aromatic heterocycles. The van der Waals surface area contributed by atoms with Crippen LogP contribution in [0, 0.1) is 0 Å². The highest BCUT2D eigenvalue weighted by atomic mass is 15.3. The van der Waals surface area contributed by atoms with E-state index in [1.807, 2.05) is 18.5 Å². The Morgan fingerprint density at radius 1 is 0.684 bits per heavy atom. The summed E-state index contributed by atoms with van der Waals surface area (Å²) in [5, 5.41) is 3.53. The monoisotopic (exact) mass is 509 g/mol. The van der Waals surface area contributed by atoms with Crippen molar-refractivity contribution in [3.63, 3.8) is 0 Å². The third-order valence-electron chi connectivity index (χ3n) is 9.48. The molecule has 2 spiro atoms. The van der Waals surface area contributed by atoms with Gasteiger partial charge in [-0.2, -0.15) is 0 Å². The number of nitrogens with zero attached hydrogens (tertiary/aromatic N) is 4. The standard InChI is InChI=1S/C19H23N3.C14H20N2/c1-2-6-17(7-3-1)15-22-12-5-9-19(22)10-13-21(16-19)18-8-4-11-20-14-18;1-2-5-13(6-3-1)11-16-10-4-7-14(16)8-9-15-12-14/h1-4,6-8,11,14H,5,9-10,12-13,15-16H2;1-3,5-6,15H,4,7-12H2. The number of hydrogen-bond acceptors (Lipinski definition) is 5. The molecule has 0 amide bonds. The third-order valence-corrected chi connectivity index (χ3v) is 9.48. The van der Waals surface area contributed by atoms with E-state index in [2.05, 4.69) is 91.7 Å². The van der Waals surface area contributed by atoms with Crippen LogP contribution < -0.4 is 10.2 Å². The van der Waals surface area contributed by atoms with Gasteiger partial charge in [0.2, 0.25) is 0 Å². The van der Waals surface area contributed by atoms with Crippen molar-refractivity contribution in [1.82, 2.24) is 20.1 Å². The Hall–Kier alpha value is -2.73. The van der Waals surface area contributed by atoms with Gasteiger partial charge in [-0.1, -0.05) is 60.7 Å². The van der Waals surface area contributed by atoms with Gasteiger partial charge < -0.3 is 10.2 Å². The van der Waals surface area contributed by atoms with Crippen LogP contribution in [0.2, 0.25) is 0 Å². The van der Waals surface area contributed by atoms with E-state index in [0.717, 1.165) is 26.2 Å². The first-order chi connectivity index (χ1) is 18.7. The summed E-state index contributed by atoms with van der Waals surface area (Å²) in [5.41, 5.74) is 5.01. The summed E-state index contributed by atoms with van der Waals surface area (Å²) in [5.74, 6) is 0. The van der Waals surface area contributed by atoms with Gasteiger partial charge >= 0.3 is 0 Å². The first kappa shape index (κ1) is 25.5. The fourth-order valence-corrected chi connectivity index (χ4v) is 7.38. The maximum absolute atomic E-state index is 4.28. The Morgan fingerprint density at radius 3 is 1.95 bits per heavy atom. The van der Waals surface area contributed by atoms with Crippen molar-refractivity contribution in [1.29, 1.82) is 0 Å². The number of benzene rings is 2. The second-order valence-electron chi connectivity index (χ2n) is 11.8. The van der Waals surface area contributed by atoms with E-state index >= 15 is 0 Å². The van der Waals surface area contributed by atoms with E-state index in [4.69, 9.17) is 0 Å². The summed E-state index contributed by atoms with van der Waals surface area (Å²) >= 11 is 0. The van der Waals surface area contributed by atoms with E-state index in [0.29, 0.717) is 11.1 Å². The smallest absolute Gasteiger partial charge is 0.0553 e. The van der Waals surface area contributed by atoms with Crippen molar-refractivity contribution in [3.05, 3.63) is 96.3 Å². The lowest BCUT2D eigenvalue weighted by atomic mass is 9.94. The molecule has 2 atom stereocenters. The molecule has 2 unspecified atom stereocenters. The summed E-state index contributed by atoms with van der Waals surface area (Å²) in [7, 11) is 0. The average molecular weight is 510 g/mol. The van der Waals surface area contributed by atoms with Crippen LogP contribution in [-0.4, -0.2) is 65.1 Å². The van der Waals surface area contributed by atoms with Crippen LogP contribution in [0.25, 0.3) is 0 Å². The maximum Gasteiger partial charge on any atom is 0.0553 e. The minimum atomic E-state index is 0.367. The minimum absolute atomic E-state index is 0.367. The topological polar surface area (TPSA) is 34.6 Å². The number of hydrogen-bond donors (Lipinski definition) is 1. The van der Waals surface area contributed by atoms with E-state index in [1.165, 1.54) is 81.5 Å². The second kappa shape index (κ2) is 11.6. The molecule has 0 saturated carbocycles. The van der Waals surface area contributed by atoms with Gasteiger partial charge in [0.1, 0.15) is 0 Å². The van der Waals surface area contributed by atoms with Crippen molar-refractivity contribution in [2.24, 2.45) is 0 Å². The molecule has 4 aliphatic rings. The first-order valence-electron chi connectivity index (χ1n) is 14.7. The fourth-order valence-electron chi connectivity index (χ4n) is 7.38. The molecule has 0 aliphatic carbocycles. The van der Waals surface area contributed by atoms with E-state index in [9.17, 15) is 0 Å². The molecule has 38 heavy (non-hydrogen) atoms. The number of anilines is 1. The molecule has 5 nitrogen and oxygen atoms in total. The van der Waals surface area contributed by atoms with Gasteiger partial charge in [-0.05, 0) is 81.4 Å². The zero-order chi connectivity index (χ0) is 25.7. The maximum atomic E-state index is 4.28. The highest BCUT2D eigenvalue weighted by molar-refractivity contribution is 5.46. The first-order valence-corrected chi connectivity index (χ1v) is 14.7. The molecule has 1 N–H and O–H groups in total. The van der Waals surface area contributed by atoms with Crippen molar-refractivity contribution in [2.75, 3.05) is 44.2 Å².